The fraction of sp³-hybridized carbons (Fsp3) is 0.222. The van der Waals surface area contributed by atoms with Crippen LogP contribution < -0.4 is 0 Å². The minimum atomic E-state index is 0.297. The van der Waals surface area contributed by atoms with Crippen LogP contribution in [0.25, 0.3) is 27.0 Å². The van der Waals surface area contributed by atoms with Crippen LogP contribution >= 0.6 is 11.3 Å². The number of thiophene rings is 1. The first-order valence-corrected chi connectivity index (χ1v) is 11.7. The second-order valence-electron chi connectivity index (χ2n) is 8.11. The summed E-state index contributed by atoms with van der Waals surface area (Å²) in [6, 6.07) is 16.9. The Morgan fingerprint density at radius 3 is 2.74 bits per heavy atom. The van der Waals surface area contributed by atoms with Crippen molar-refractivity contribution in [2.24, 2.45) is 0 Å². The van der Waals surface area contributed by atoms with E-state index in [4.69, 9.17) is 4.98 Å². The first kappa shape index (κ1) is 19.8. The van der Waals surface area contributed by atoms with Gasteiger partial charge in [-0.3, -0.25) is 0 Å². The van der Waals surface area contributed by atoms with Crippen LogP contribution in [0.5, 0.6) is 0 Å². The third-order valence-corrected chi connectivity index (χ3v) is 7.33. The van der Waals surface area contributed by atoms with Crippen LogP contribution in [0.2, 0.25) is 0 Å². The van der Waals surface area contributed by atoms with E-state index in [9.17, 15) is 0 Å². The summed E-state index contributed by atoms with van der Waals surface area (Å²) in [7, 11) is 0. The van der Waals surface area contributed by atoms with Gasteiger partial charge >= 0.3 is 0 Å². The summed E-state index contributed by atoms with van der Waals surface area (Å²) in [4.78, 5) is 15.2. The zero-order valence-electron chi connectivity index (χ0n) is 17.7. The van der Waals surface area contributed by atoms with E-state index >= 15 is 0 Å². The Morgan fingerprint density at radius 1 is 1.03 bits per heavy atom. The van der Waals surface area contributed by atoms with Gasteiger partial charge in [-0.15, -0.1) is 11.3 Å². The van der Waals surface area contributed by atoms with Gasteiger partial charge in [0.2, 0.25) is 0 Å². The number of hydrogen-bond donors (Lipinski definition) is 0. The van der Waals surface area contributed by atoms with Gasteiger partial charge in [0.1, 0.15) is 6.33 Å². The summed E-state index contributed by atoms with van der Waals surface area (Å²) in [6.45, 7) is 6.38. The maximum Gasteiger partial charge on any atom is 0.164 e. The molecule has 0 bridgehead atoms. The average molecular weight is 424 g/mol. The Kier molecular flexibility index (Phi) is 5.47. The van der Waals surface area contributed by atoms with E-state index < -0.39 is 0 Å². The van der Waals surface area contributed by atoms with Crippen molar-refractivity contribution < 1.29 is 0 Å². The summed E-state index contributed by atoms with van der Waals surface area (Å²) in [6.07, 6.45) is 10.7. The van der Waals surface area contributed by atoms with Crippen molar-refractivity contribution in [2.45, 2.75) is 38.5 Å². The molecule has 1 aliphatic carbocycles. The first-order valence-electron chi connectivity index (χ1n) is 10.9. The summed E-state index contributed by atoms with van der Waals surface area (Å²) in [5.41, 5.74) is 4.69. The monoisotopic (exact) mass is 423 g/mol. The summed E-state index contributed by atoms with van der Waals surface area (Å²) in [5, 5.41) is 1.37. The van der Waals surface area contributed by atoms with Gasteiger partial charge in [-0.05, 0) is 54.2 Å². The Bertz CT molecular complexity index is 1270. The molecule has 0 saturated carbocycles. The fourth-order valence-electron chi connectivity index (χ4n) is 4.24. The smallest absolute Gasteiger partial charge is 0.164 e. The number of benzene rings is 2. The Balaban J connectivity index is 1.45. The molecular formula is C27H25N3S. The molecule has 0 unspecified atom stereocenters. The van der Waals surface area contributed by atoms with Crippen LogP contribution in [0.15, 0.2) is 73.6 Å². The largest absolute Gasteiger partial charge is 0.217 e. The third-order valence-electron chi connectivity index (χ3n) is 5.99. The number of nitrogens with zero attached hydrogens (tertiary/aromatic N) is 3. The molecule has 4 heteroatoms. The zero-order valence-corrected chi connectivity index (χ0v) is 18.5. The molecule has 154 valence electrons. The van der Waals surface area contributed by atoms with Crippen LogP contribution in [0.3, 0.4) is 0 Å². The molecule has 2 aromatic heterocycles. The highest BCUT2D eigenvalue weighted by atomic mass is 32.1. The molecule has 1 atom stereocenters. The van der Waals surface area contributed by atoms with E-state index in [1.165, 1.54) is 51.8 Å². The third kappa shape index (κ3) is 3.96. The van der Waals surface area contributed by atoms with E-state index in [-0.39, 0.29) is 0 Å². The highest BCUT2D eigenvalue weighted by Crippen LogP contribution is 2.40. The lowest BCUT2D eigenvalue weighted by molar-refractivity contribution is 0.700. The average Bonchev–Trinajstić information content (AvgIpc) is 3.22. The summed E-state index contributed by atoms with van der Waals surface area (Å²) in [5.74, 6) is 1.64. The molecule has 0 spiro atoms. The van der Waals surface area contributed by atoms with Gasteiger partial charge in [0, 0.05) is 20.7 Å². The van der Waals surface area contributed by atoms with E-state index in [1.54, 1.807) is 6.33 Å². The van der Waals surface area contributed by atoms with Crippen molar-refractivity contribution in [3.05, 3.63) is 95.4 Å². The highest BCUT2D eigenvalue weighted by Gasteiger charge is 2.19. The standard InChI is InChI=1S/C27H25N3S/c1-18(20-9-4-3-5-10-20)15-16-19(2)26-28-17-29-27(30-26)23-13-8-12-22-21-11-6-7-14-24(21)31-25(22)23/h3-5,8-10,12-13,15-18H,2,6-7,11,14H2,1H3/b16-15-/t18-/m1/s1. The molecule has 0 saturated heterocycles. The molecule has 1 aliphatic rings. The lowest BCUT2D eigenvalue weighted by atomic mass is 9.95. The SMILES string of the molecule is C=C(/C=C\[C@@H](C)c1ccccc1)c1ncnc(-c2cccc3c4c(sc23)CCCC4)n1. The molecule has 0 amide bonds. The van der Waals surface area contributed by atoms with Crippen molar-refractivity contribution in [1.29, 1.82) is 0 Å². The highest BCUT2D eigenvalue weighted by molar-refractivity contribution is 7.19. The van der Waals surface area contributed by atoms with Gasteiger partial charge in [0.25, 0.3) is 0 Å². The maximum atomic E-state index is 4.78. The predicted octanol–water partition coefficient (Wildman–Crippen LogP) is 7.01. The molecule has 0 aliphatic heterocycles. The molecule has 3 nitrogen and oxygen atoms in total. The number of fused-ring (bicyclic) bond motifs is 3. The van der Waals surface area contributed by atoms with Gasteiger partial charge in [0.05, 0.1) is 0 Å². The summed E-state index contributed by atoms with van der Waals surface area (Å²) >= 11 is 1.91. The predicted molar refractivity (Wildman–Crippen MR) is 130 cm³/mol. The number of aromatic nitrogens is 3. The van der Waals surface area contributed by atoms with E-state index in [0.29, 0.717) is 11.7 Å². The van der Waals surface area contributed by atoms with Crippen LogP contribution in [-0.2, 0) is 12.8 Å². The summed E-state index contributed by atoms with van der Waals surface area (Å²) < 4.78 is 1.30. The molecular weight excluding hydrogens is 398 g/mol. The number of hydrogen-bond acceptors (Lipinski definition) is 4. The van der Waals surface area contributed by atoms with E-state index in [2.05, 4.69) is 72.0 Å². The number of aryl methyl sites for hydroxylation is 2. The van der Waals surface area contributed by atoms with Crippen LogP contribution in [0.1, 0.15) is 47.5 Å². The van der Waals surface area contributed by atoms with Crippen molar-refractivity contribution in [2.75, 3.05) is 0 Å². The van der Waals surface area contributed by atoms with Crippen molar-refractivity contribution >= 4 is 27.0 Å². The van der Waals surface area contributed by atoms with Gasteiger partial charge in [-0.25, -0.2) is 15.0 Å². The van der Waals surface area contributed by atoms with Gasteiger partial charge in [-0.1, -0.05) is 68.1 Å². The Hall–Kier alpha value is -3.11. The second-order valence-corrected chi connectivity index (χ2v) is 9.21. The van der Waals surface area contributed by atoms with Crippen molar-refractivity contribution in [3.8, 4) is 11.4 Å². The quantitative estimate of drug-likeness (QED) is 0.324. The van der Waals surface area contributed by atoms with Crippen molar-refractivity contribution in [3.63, 3.8) is 0 Å². The Morgan fingerprint density at radius 2 is 1.87 bits per heavy atom. The number of allylic oxidation sites excluding steroid dienone is 3. The molecule has 0 N–H and O–H groups in total. The van der Waals surface area contributed by atoms with Gasteiger partial charge in [-0.2, -0.15) is 0 Å². The minimum absolute atomic E-state index is 0.297. The van der Waals surface area contributed by atoms with Crippen molar-refractivity contribution in [1.82, 2.24) is 15.0 Å². The normalized spacial score (nSPS) is 14.6. The zero-order chi connectivity index (χ0) is 21.2. The molecule has 31 heavy (non-hydrogen) atoms. The van der Waals surface area contributed by atoms with E-state index in [1.807, 2.05) is 23.5 Å². The Labute approximate surface area is 187 Å². The lowest BCUT2D eigenvalue weighted by Crippen LogP contribution is -1.98. The molecule has 0 fully saturated rings. The van der Waals surface area contributed by atoms with Gasteiger partial charge in [0.15, 0.2) is 11.6 Å². The molecule has 2 aromatic carbocycles. The van der Waals surface area contributed by atoms with Gasteiger partial charge < -0.3 is 0 Å². The molecule has 2 heterocycles. The van der Waals surface area contributed by atoms with Crippen LogP contribution in [0.4, 0.5) is 0 Å². The minimum Gasteiger partial charge on any atom is -0.217 e. The van der Waals surface area contributed by atoms with Crippen LogP contribution in [-0.4, -0.2) is 15.0 Å². The first-order chi connectivity index (χ1) is 15.2. The second kappa shape index (κ2) is 8.56. The molecule has 0 radical (unpaired) electrons. The fourth-order valence-corrected chi connectivity index (χ4v) is 5.64. The molecule has 4 aromatic rings. The number of rotatable bonds is 5. The van der Waals surface area contributed by atoms with Crippen LogP contribution in [0, 0.1) is 0 Å². The maximum absolute atomic E-state index is 4.78. The molecule has 5 rings (SSSR count). The lowest BCUT2D eigenvalue weighted by Gasteiger charge is -2.10. The topological polar surface area (TPSA) is 38.7 Å². The van der Waals surface area contributed by atoms with E-state index in [0.717, 1.165) is 17.0 Å².